The molecule has 0 bridgehead atoms. The third-order valence-corrected chi connectivity index (χ3v) is 3.22. The summed E-state index contributed by atoms with van der Waals surface area (Å²) in [5.41, 5.74) is 4.04. The molecule has 0 saturated heterocycles. The number of hydrogen-bond donors (Lipinski definition) is 2. The number of phenols is 1. The minimum Gasteiger partial charge on any atom is -0.508 e. The molecule has 2 rings (SSSR count). The van der Waals surface area contributed by atoms with Crippen molar-refractivity contribution in [3.05, 3.63) is 53.4 Å². The van der Waals surface area contributed by atoms with E-state index in [0.717, 1.165) is 16.8 Å². The van der Waals surface area contributed by atoms with Gasteiger partial charge in [-0.1, -0.05) is 17.4 Å². The van der Waals surface area contributed by atoms with Gasteiger partial charge in [-0.2, -0.15) is 0 Å². The first-order valence-electron chi connectivity index (χ1n) is 6.60. The lowest BCUT2D eigenvalue weighted by Gasteiger charge is -2.09. The van der Waals surface area contributed by atoms with Crippen molar-refractivity contribution in [2.45, 2.75) is 33.5 Å². The Morgan fingerprint density at radius 2 is 2.05 bits per heavy atom. The van der Waals surface area contributed by atoms with Gasteiger partial charge in [0.15, 0.2) is 0 Å². The smallest absolute Gasteiger partial charge is 0.120 e. The van der Waals surface area contributed by atoms with Gasteiger partial charge in [0.05, 0.1) is 18.4 Å². The predicted molar refractivity (Wildman–Crippen MR) is 78.3 cm³/mol. The Bertz CT molecular complexity index is 604. The van der Waals surface area contributed by atoms with Crippen LogP contribution in [0.2, 0.25) is 0 Å². The largest absolute Gasteiger partial charge is 0.508 e. The molecule has 2 aromatic rings. The molecule has 0 radical (unpaired) electrons. The fourth-order valence-corrected chi connectivity index (χ4v) is 1.97. The Balaban J connectivity index is 1.92. The summed E-state index contributed by atoms with van der Waals surface area (Å²) in [5.74, 6) is 0.330. The number of benzene rings is 1. The summed E-state index contributed by atoms with van der Waals surface area (Å²) in [6.45, 7) is 9.56. The SMILES string of the molecule is C=CCn1cc(CNCc2cc(C)c(C)cc2O)nn1. The molecule has 1 aromatic carbocycles. The summed E-state index contributed by atoms with van der Waals surface area (Å²) >= 11 is 0. The van der Waals surface area contributed by atoms with Gasteiger partial charge in [-0.25, -0.2) is 4.68 Å². The highest BCUT2D eigenvalue weighted by atomic mass is 16.3. The number of rotatable bonds is 6. The average Bonchev–Trinajstić information content (AvgIpc) is 2.84. The number of phenolic OH excluding ortho intramolecular Hbond substituents is 1. The number of allylic oxidation sites excluding steroid dienone is 1. The molecule has 20 heavy (non-hydrogen) atoms. The molecule has 0 aliphatic rings. The molecular formula is C15H20N4O. The lowest BCUT2D eigenvalue weighted by Crippen LogP contribution is -2.13. The highest BCUT2D eigenvalue weighted by Gasteiger charge is 2.05. The van der Waals surface area contributed by atoms with E-state index in [1.165, 1.54) is 5.56 Å². The van der Waals surface area contributed by atoms with Gasteiger partial charge in [-0.05, 0) is 31.0 Å². The molecule has 2 N–H and O–H groups in total. The van der Waals surface area contributed by atoms with Crippen LogP contribution in [0, 0.1) is 13.8 Å². The Morgan fingerprint density at radius 1 is 1.30 bits per heavy atom. The van der Waals surface area contributed by atoms with Crippen molar-refractivity contribution in [3.63, 3.8) is 0 Å². The minimum atomic E-state index is 0.330. The van der Waals surface area contributed by atoms with Gasteiger partial charge in [0.1, 0.15) is 5.75 Å². The van der Waals surface area contributed by atoms with E-state index in [1.807, 2.05) is 26.1 Å². The zero-order valence-corrected chi connectivity index (χ0v) is 11.9. The number of aryl methyl sites for hydroxylation is 2. The number of hydrogen-bond acceptors (Lipinski definition) is 4. The van der Waals surface area contributed by atoms with Gasteiger partial charge in [-0.3, -0.25) is 0 Å². The fourth-order valence-electron chi connectivity index (χ4n) is 1.97. The van der Waals surface area contributed by atoms with Crippen LogP contribution in [-0.4, -0.2) is 20.1 Å². The van der Waals surface area contributed by atoms with Crippen LogP contribution in [0.5, 0.6) is 5.75 Å². The third kappa shape index (κ3) is 3.45. The molecule has 0 aliphatic heterocycles. The molecule has 0 fully saturated rings. The van der Waals surface area contributed by atoms with Crippen LogP contribution in [0.1, 0.15) is 22.4 Å². The first kappa shape index (κ1) is 14.3. The first-order chi connectivity index (χ1) is 9.60. The van der Waals surface area contributed by atoms with Crippen molar-refractivity contribution < 1.29 is 5.11 Å². The standard InChI is InChI=1S/C15H20N4O/c1-4-5-19-10-14(17-18-19)9-16-8-13-6-11(2)12(3)7-15(13)20/h4,6-7,10,16,20H,1,5,8-9H2,2-3H3. The molecule has 0 amide bonds. The first-order valence-corrected chi connectivity index (χ1v) is 6.60. The van der Waals surface area contributed by atoms with Crippen LogP contribution in [0.4, 0.5) is 0 Å². The second-order valence-electron chi connectivity index (χ2n) is 4.89. The van der Waals surface area contributed by atoms with Crippen molar-refractivity contribution in [2.24, 2.45) is 0 Å². The van der Waals surface area contributed by atoms with Crippen LogP contribution < -0.4 is 5.32 Å². The van der Waals surface area contributed by atoms with Gasteiger partial charge >= 0.3 is 0 Å². The highest BCUT2D eigenvalue weighted by molar-refractivity contribution is 5.40. The summed E-state index contributed by atoms with van der Waals surface area (Å²) in [6, 6.07) is 3.80. The van der Waals surface area contributed by atoms with Crippen molar-refractivity contribution in [2.75, 3.05) is 0 Å². The van der Waals surface area contributed by atoms with Crippen LogP contribution in [0.3, 0.4) is 0 Å². The molecular weight excluding hydrogens is 252 g/mol. The number of nitrogens with one attached hydrogen (secondary N) is 1. The van der Waals surface area contributed by atoms with Crippen LogP contribution in [-0.2, 0) is 19.6 Å². The summed E-state index contributed by atoms with van der Waals surface area (Å²) in [5, 5.41) is 21.2. The lowest BCUT2D eigenvalue weighted by molar-refractivity contribution is 0.463. The van der Waals surface area contributed by atoms with Crippen molar-refractivity contribution >= 4 is 0 Å². The monoisotopic (exact) mass is 272 g/mol. The van der Waals surface area contributed by atoms with Gasteiger partial charge in [-0.15, -0.1) is 11.7 Å². The summed E-state index contributed by atoms with van der Waals surface area (Å²) in [4.78, 5) is 0. The number of aromatic hydroxyl groups is 1. The van der Waals surface area contributed by atoms with Gasteiger partial charge < -0.3 is 10.4 Å². The van der Waals surface area contributed by atoms with E-state index in [4.69, 9.17) is 0 Å². The van der Waals surface area contributed by atoms with Crippen molar-refractivity contribution in [3.8, 4) is 5.75 Å². The Morgan fingerprint density at radius 3 is 2.80 bits per heavy atom. The summed E-state index contributed by atoms with van der Waals surface area (Å²) in [6.07, 6.45) is 3.66. The molecule has 0 spiro atoms. The van der Waals surface area contributed by atoms with Crippen LogP contribution in [0.15, 0.2) is 31.0 Å². The number of nitrogens with zero attached hydrogens (tertiary/aromatic N) is 3. The van der Waals surface area contributed by atoms with Gasteiger partial charge in [0, 0.05) is 18.7 Å². The number of aromatic nitrogens is 3. The maximum absolute atomic E-state index is 9.90. The van der Waals surface area contributed by atoms with Crippen LogP contribution in [0.25, 0.3) is 0 Å². The normalized spacial score (nSPS) is 10.7. The molecule has 0 unspecified atom stereocenters. The van der Waals surface area contributed by atoms with E-state index in [9.17, 15) is 5.11 Å². The van der Waals surface area contributed by atoms with E-state index in [2.05, 4.69) is 22.2 Å². The molecule has 1 aromatic heterocycles. The molecule has 0 aliphatic carbocycles. The lowest BCUT2D eigenvalue weighted by atomic mass is 10.1. The quantitative estimate of drug-likeness (QED) is 0.790. The average molecular weight is 272 g/mol. The van der Waals surface area contributed by atoms with E-state index < -0.39 is 0 Å². The summed E-state index contributed by atoms with van der Waals surface area (Å²) in [7, 11) is 0. The fraction of sp³-hybridized carbons (Fsp3) is 0.333. The molecule has 106 valence electrons. The van der Waals surface area contributed by atoms with Gasteiger partial charge in [0.2, 0.25) is 0 Å². The topological polar surface area (TPSA) is 63.0 Å². The third-order valence-electron chi connectivity index (χ3n) is 3.22. The van der Waals surface area contributed by atoms with Crippen molar-refractivity contribution in [1.29, 1.82) is 0 Å². The van der Waals surface area contributed by atoms with E-state index >= 15 is 0 Å². The van der Waals surface area contributed by atoms with E-state index in [0.29, 0.717) is 25.4 Å². The molecule has 1 heterocycles. The Kier molecular flexibility index (Phi) is 4.53. The second-order valence-corrected chi connectivity index (χ2v) is 4.89. The Hall–Kier alpha value is -2.14. The summed E-state index contributed by atoms with van der Waals surface area (Å²) < 4.78 is 1.73. The van der Waals surface area contributed by atoms with Gasteiger partial charge in [0.25, 0.3) is 0 Å². The maximum Gasteiger partial charge on any atom is 0.120 e. The molecule has 0 atom stereocenters. The predicted octanol–water partition coefficient (Wildman–Crippen LogP) is 2.08. The van der Waals surface area contributed by atoms with E-state index in [1.54, 1.807) is 16.8 Å². The maximum atomic E-state index is 9.90. The molecule has 0 saturated carbocycles. The zero-order chi connectivity index (χ0) is 14.5. The molecule has 5 nitrogen and oxygen atoms in total. The van der Waals surface area contributed by atoms with E-state index in [-0.39, 0.29) is 0 Å². The zero-order valence-electron chi connectivity index (χ0n) is 11.9. The second kappa shape index (κ2) is 6.34. The van der Waals surface area contributed by atoms with Crippen LogP contribution >= 0.6 is 0 Å². The van der Waals surface area contributed by atoms with Crippen molar-refractivity contribution in [1.82, 2.24) is 20.3 Å². The minimum absolute atomic E-state index is 0.330. The molecule has 5 heteroatoms. The highest BCUT2D eigenvalue weighted by Crippen LogP contribution is 2.21. The Labute approximate surface area is 118 Å².